The highest BCUT2D eigenvalue weighted by molar-refractivity contribution is 7.93. The van der Waals surface area contributed by atoms with Gasteiger partial charge in [0.15, 0.2) is 0 Å². The van der Waals surface area contributed by atoms with Crippen LogP contribution in [0.15, 0.2) is 107 Å². The number of hydrogen-bond acceptors (Lipinski definition) is 14. The summed E-state index contributed by atoms with van der Waals surface area (Å²) < 4.78 is 62.7. The molecule has 6 aromatic rings. The molecule has 2 spiro atoms. The van der Waals surface area contributed by atoms with Crippen LogP contribution in [0.2, 0.25) is 5.15 Å². The third kappa shape index (κ3) is 17.2. The second-order valence-electron chi connectivity index (χ2n) is 23.9. The van der Waals surface area contributed by atoms with Crippen LogP contribution in [0.1, 0.15) is 135 Å². The van der Waals surface area contributed by atoms with Crippen LogP contribution in [0.3, 0.4) is 0 Å². The fourth-order valence-corrected chi connectivity index (χ4v) is 13.6. The van der Waals surface area contributed by atoms with E-state index in [1.807, 2.05) is 64.1 Å². The first kappa shape index (κ1) is 65.3. The van der Waals surface area contributed by atoms with Gasteiger partial charge in [-0.3, -0.25) is 0 Å². The minimum atomic E-state index is -4.18. The molecule has 2 heterocycles. The van der Waals surface area contributed by atoms with E-state index in [4.69, 9.17) is 21.4 Å². The average molecular weight is 1230 g/mol. The number of rotatable bonds is 22. The fraction of sp³-hybridized carbons (Fsp3) is 0.452. The normalized spacial score (nSPS) is 17.0. The Morgan fingerprint density at radius 2 is 0.988 bits per heavy atom. The summed E-state index contributed by atoms with van der Waals surface area (Å²) in [7, 11) is -8.28. The van der Waals surface area contributed by atoms with Gasteiger partial charge >= 0.3 is 11.9 Å². The van der Waals surface area contributed by atoms with Gasteiger partial charge in [-0.1, -0.05) is 87.8 Å². The number of aryl methyl sites for hydroxylation is 4. The number of carbonyl (C=O) groups is 2. The van der Waals surface area contributed by atoms with Crippen LogP contribution in [0.25, 0.3) is 22.5 Å². The van der Waals surface area contributed by atoms with Crippen LogP contribution >= 0.6 is 24.0 Å². The predicted molar refractivity (Wildman–Crippen MR) is 329 cm³/mol. The summed E-state index contributed by atoms with van der Waals surface area (Å²) >= 11 is 6.08. The molecule has 4 aliphatic rings. The lowest BCUT2D eigenvalue weighted by Crippen LogP contribution is -2.49. The molecule has 0 amide bonds. The minimum absolute atomic E-state index is 0. The van der Waals surface area contributed by atoms with Crippen molar-refractivity contribution in [1.29, 1.82) is 0 Å². The lowest BCUT2D eigenvalue weighted by atomic mass is 9.76. The number of anilines is 2. The van der Waals surface area contributed by atoms with Crippen molar-refractivity contribution in [3.63, 3.8) is 0 Å². The third-order valence-electron chi connectivity index (χ3n) is 15.8. The van der Waals surface area contributed by atoms with Gasteiger partial charge in [0.2, 0.25) is 17.8 Å². The molecule has 2 aromatic heterocycles. The monoisotopic (exact) mass is 1230 g/mol. The van der Waals surface area contributed by atoms with Crippen LogP contribution in [0.4, 0.5) is 11.9 Å². The van der Waals surface area contributed by atoms with E-state index in [2.05, 4.69) is 67.7 Å². The molecule has 4 fully saturated rings. The van der Waals surface area contributed by atoms with Gasteiger partial charge < -0.3 is 30.7 Å². The topological polar surface area (TPSA) is 272 Å². The van der Waals surface area contributed by atoms with Crippen LogP contribution in [0.5, 0.6) is 5.88 Å². The van der Waals surface area contributed by atoms with E-state index in [0.29, 0.717) is 60.0 Å². The maximum absolute atomic E-state index is 13.2. The van der Waals surface area contributed by atoms with Crippen LogP contribution in [-0.2, 0) is 20.0 Å². The smallest absolute Gasteiger partial charge is 0.335 e. The molecule has 452 valence electrons. The summed E-state index contributed by atoms with van der Waals surface area (Å²) in [5.74, 6) is -1.38. The summed E-state index contributed by atoms with van der Waals surface area (Å²) in [5, 5.41) is 35.0. The maximum Gasteiger partial charge on any atom is 0.335 e. The molecule has 84 heavy (non-hydrogen) atoms. The molecular weight excluding hydrogens is 1150 g/mol. The molecule has 0 bridgehead atoms. The van der Waals surface area contributed by atoms with Crippen molar-refractivity contribution in [3.8, 4) is 28.4 Å². The molecule has 0 radical (unpaired) electrons. The molecule has 0 unspecified atom stereocenters. The quantitative estimate of drug-likeness (QED) is 0.0311. The summed E-state index contributed by atoms with van der Waals surface area (Å²) in [6.07, 6.45) is 12.8. The highest BCUT2D eigenvalue weighted by Crippen LogP contribution is 2.61. The molecule has 0 aliphatic heterocycles. The molecule has 7 N–H and O–H groups in total. The lowest BCUT2D eigenvalue weighted by molar-refractivity contribution is 0.0685. The zero-order chi connectivity index (χ0) is 60.0. The number of carboxylic acids is 2. The minimum Gasteiger partial charge on any atom is -0.478 e. The van der Waals surface area contributed by atoms with Crippen LogP contribution in [-0.4, -0.2) is 101 Å². The van der Waals surface area contributed by atoms with E-state index in [1.54, 1.807) is 12.1 Å². The predicted octanol–water partition coefficient (Wildman–Crippen LogP) is 11.8. The Hall–Kier alpha value is -6.26. The maximum atomic E-state index is 13.2. The zero-order valence-corrected chi connectivity index (χ0v) is 52.0. The molecule has 2 atom stereocenters. The lowest BCUT2D eigenvalue weighted by Gasteiger charge is -2.39. The molecule has 4 aromatic carbocycles. The number of aromatic carboxylic acids is 2. The number of aliphatic hydroxyl groups is 1. The summed E-state index contributed by atoms with van der Waals surface area (Å²) in [4.78, 5) is 39.3. The Labute approximate surface area is 505 Å². The molecule has 4 saturated carbocycles. The highest BCUT2D eigenvalue weighted by atomic mass is 35.5. The molecular formula is C62H78Cl2N8O10S2. The molecule has 18 nitrogen and oxygen atoms in total. The number of aliphatic hydroxyl groups excluding tert-OH is 1. The Balaban J connectivity index is 0.000000202. The number of carboxylic acid groups (broad SMARTS) is 2. The van der Waals surface area contributed by atoms with E-state index in [1.165, 1.54) is 87.8 Å². The summed E-state index contributed by atoms with van der Waals surface area (Å²) in [6, 6.07) is 26.8. The molecule has 22 heteroatoms. The number of halogens is 2. The van der Waals surface area contributed by atoms with E-state index in [-0.39, 0.29) is 62.3 Å². The van der Waals surface area contributed by atoms with Crippen molar-refractivity contribution in [3.05, 3.63) is 136 Å². The van der Waals surface area contributed by atoms with Crippen molar-refractivity contribution < 1.29 is 46.5 Å². The molecule has 4 aliphatic carbocycles. The summed E-state index contributed by atoms with van der Waals surface area (Å²) in [6.45, 7) is 17.3. The van der Waals surface area contributed by atoms with Crippen molar-refractivity contribution >= 4 is 67.9 Å². The average Bonchev–Trinajstić information content (AvgIpc) is 2.46. The van der Waals surface area contributed by atoms with E-state index in [9.17, 15) is 36.6 Å². The first-order chi connectivity index (χ1) is 39.2. The Kier molecular flexibility index (Phi) is 21.3. The number of nitrogens with one attached hydrogen (secondary N) is 4. The van der Waals surface area contributed by atoms with Gasteiger partial charge in [-0.2, -0.15) is 4.98 Å². The SMILES string of the molecule is CC(C)C[C@H](CO)NC1CC2(CC2)C1.Cc1cccc(C)c1-c1cc(Cl)nc(NS(=O)(=O)c2cccc(C(=O)O)c2)n1.Cc1cccc(C)c1-c1cc(OC[C@@H](CC(C)C)NC2CC3(CC3)C2)nc(NS(=O)(=O)c2cccc(C(=O)O)c2)n1.Cl. The second-order valence-corrected chi connectivity index (χ2v) is 27.7. The first-order valence-corrected chi connectivity index (χ1v) is 31.6. The van der Waals surface area contributed by atoms with Crippen molar-refractivity contribution in [2.75, 3.05) is 22.7 Å². The van der Waals surface area contributed by atoms with Crippen molar-refractivity contribution in [2.45, 2.75) is 154 Å². The van der Waals surface area contributed by atoms with E-state index < -0.39 is 32.0 Å². The van der Waals surface area contributed by atoms with Gasteiger partial charge in [0, 0.05) is 47.4 Å². The fourth-order valence-electron chi connectivity index (χ4n) is 11.4. The number of aromatic nitrogens is 4. The van der Waals surface area contributed by atoms with E-state index >= 15 is 0 Å². The van der Waals surface area contributed by atoms with Crippen LogP contribution in [0, 0.1) is 50.4 Å². The highest BCUT2D eigenvalue weighted by Gasteiger charge is 2.53. The van der Waals surface area contributed by atoms with Gasteiger partial charge in [0.05, 0.1) is 38.9 Å². The van der Waals surface area contributed by atoms with Crippen molar-refractivity contribution in [1.82, 2.24) is 30.6 Å². The Morgan fingerprint density at radius 1 is 0.595 bits per heavy atom. The third-order valence-corrected chi connectivity index (χ3v) is 18.7. The number of ether oxygens (including phenoxy) is 1. The number of nitrogens with zero attached hydrogens (tertiary/aromatic N) is 4. The second kappa shape index (κ2) is 27.4. The molecule has 0 saturated heterocycles. The van der Waals surface area contributed by atoms with Gasteiger partial charge in [-0.15, -0.1) is 12.4 Å². The van der Waals surface area contributed by atoms with Crippen molar-refractivity contribution in [2.24, 2.45) is 22.7 Å². The molecule has 10 rings (SSSR count). The van der Waals surface area contributed by atoms with E-state index in [0.717, 1.165) is 63.8 Å². The largest absolute Gasteiger partial charge is 0.478 e. The van der Waals surface area contributed by atoms with Gasteiger partial charge in [-0.25, -0.2) is 50.8 Å². The van der Waals surface area contributed by atoms with Crippen LogP contribution < -0.4 is 24.8 Å². The van der Waals surface area contributed by atoms with Gasteiger partial charge in [0.1, 0.15) is 11.8 Å². The number of hydrogen-bond donors (Lipinski definition) is 7. The Bertz CT molecular complexity index is 3510. The zero-order valence-electron chi connectivity index (χ0n) is 48.8. The summed E-state index contributed by atoms with van der Waals surface area (Å²) in [5.41, 5.74) is 7.69. The number of benzene rings is 4. The Morgan fingerprint density at radius 3 is 1.39 bits per heavy atom. The van der Waals surface area contributed by atoms with Gasteiger partial charge in [0.25, 0.3) is 20.0 Å². The standard InChI is InChI=1S/C31H38N4O5S.C19H16ClN3O4S.C12H23NO.ClH/c1-19(2)13-23(32-24-16-31(17-24)11-12-31)18-40-27-15-26(28-20(3)7-5-8-21(28)4)33-30(34-27)35-41(38,39)25-10-6-9-22(14-25)29(36)37;1-11-5-3-6-12(2)17(11)15-10-16(20)22-19(21-15)23-28(26,27)14-8-4-7-13(9-14)18(24)25;1-9(2)5-10(8-14)13-11-6-12(7-11)3-4-12;/h5-10,14-15,19,23-24,32H,11-13,16-18H2,1-4H3,(H,36,37)(H,33,34,35);3-10H,1-2H3,(H,24,25)(H,21,22,23);9-11,13-14H,3-8H2,1-2H3;1H/t23-;;10-;/m1.1./s1. The van der Waals surface area contributed by atoms with Gasteiger partial charge in [-0.05, 0) is 173 Å². The first-order valence-electron chi connectivity index (χ1n) is 28.3. The number of sulfonamides is 2.